The molecule has 4 heterocycles. The van der Waals surface area contributed by atoms with Crippen molar-refractivity contribution < 1.29 is 0 Å². The third kappa shape index (κ3) is 3.44. The molecule has 4 aromatic heterocycles. The van der Waals surface area contributed by atoms with Crippen LogP contribution in [0.4, 0.5) is 0 Å². The summed E-state index contributed by atoms with van der Waals surface area (Å²) >= 11 is 3.57. The minimum atomic E-state index is -0.0955. The predicted octanol–water partition coefficient (Wildman–Crippen LogP) is 7.82. The molecule has 0 saturated heterocycles. The molecule has 0 aliphatic rings. The fourth-order valence-corrected chi connectivity index (χ4v) is 7.13. The summed E-state index contributed by atoms with van der Waals surface area (Å²) in [6.45, 7) is 0. The van der Waals surface area contributed by atoms with Crippen molar-refractivity contribution in [1.82, 2.24) is 18.8 Å². The highest BCUT2D eigenvalue weighted by Crippen LogP contribution is 2.34. The Morgan fingerprint density at radius 3 is 1.60 bits per heavy atom. The Labute approximate surface area is 261 Å². The van der Waals surface area contributed by atoms with Gasteiger partial charge in [0.2, 0.25) is 0 Å². The van der Waals surface area contributed by atoms with Crippen LogP contribution in [0.3, 0.4) is 0 Å². The maximum atomic E-state index is 13.0. The van der Waals surface area contributed by atoms with Crippen molar-refractivity contribution in [2.24, 2.45) is 0 Å². The molecule has 210 valence electrons. The van der Waals surface area contributed by atoms with Crippen LogP contribution < -0.4 is 11.1 Å². The summed E-state index contributed by atoms with van der Waals surface area (Å²) < 4.78 is 4.38. The summed E-state index contributed by atoms with van der Waals surface area (Å²) in [5.41, 5.74) is 5.13. The fourth-order valence-electron chi connectivity index (χ4n) is 6.67. The first-order chi connectivity index (χ1) is 22.0. The molecule has 0 N–H and O–H groups in total. The van der Waals surface area contributed by atoms with E-state index < -0.39 is 0 Å². The van der Waals surface area contributed by atoms with Gasteiger partial charge in [0, 0.05) is 42.2 Å². The Balaban J connectivity index is 0.000000125. The first-order valence-electron chi connectivity index (χ1n) is 14.3. The number of pyridine rings is 2. The lowest BCUT2D eigenvalue weighted by molar-refractivity contribution is 1.19. The fraction of sp³-hybridized carbons (Fsp3) is 0. The summed E-state index contributed by atoms with van der Waals surface area (Å²) in [6, 6.07) is 36.6. The molecule has 0 radical (unpaired) electrons. The largest absolute Gasteiger partial charge is 0.268 e. The predicted molar refractivity (Wildman–Crippen MR) is 183 cm³/mol. The van der Waals surface area contributed by atoms with Crippen LogP contribution in [-0.4, -0.2) is 18.8 Å². The molecule has 0 atom stereocenters. The van der Waals surface area contributed by atoms with E-state index >= 15 is 0 Å². The van der Waals surface area contributed by atoms with Gasteiger partial charge >= 0.3 is 0 Å². The average molecular weight is 644 g/mol. The topological polar surface area (TPSA) is 92.5 Å². The van der Waals surface area contributed by atoms with Gasteiger partial charge < -0.3 is 0 Å². The second kappa shape index (κ2) is 9.29. The van der Waals surface area contributed by atoms with Gasteiger partial charge in [-0.05, 0) is 53.9 Å². The highest BCUT2D eigenvalue weighted by Gasteiger charge is 2.18. The number of nitrogens with zero attached hydrogens (tertiary/aromatic N) is 5. The summed E-state index contributed by atoms with van der Waals surface area (Å²) in [7, 11) is 0. The Morgan fingerprint density at radius 2 is 1.02 bits per heavy atom. The summed E-state index contributed by atoms with van der Waals surface area (Å²) in [4.78, 5) is 35.3. The van der Waals surface area contributed by atoms with Crippen LogP contribution in [0.1, 0.15) is 5.56 Å². The lowest BCUT2D eigenvalue weighted by Gasteiger charge is -2.08. The van der Waals surface area contributed by atoms with Crippen LogP contribution in [-0.2, 0) is 0 Å². The van der Waals surface area contributed by atoms with E-state index in [9.17, 15) is 14.9 Å². The van der Waals surface area contributed by atoms with Gasteiger partial charge in [0.25, 0.3) is 11.1 Å². The zero-order valence-corrected chi connectivity index (χ0v) is 24.9. The number of halogens is 1. The van der Waals surface area contributed by atoms with Crippen molar-refractivity contribution in [2.75, 3.05) is 0 Å². The van der Waals surface area contributed by atoms with Crippen LogP contribution in [0.2, 0.25) is 0 Å². The molecule has 0 aliphatic heterocycles. The standard InChI is InChI=1S/C19H9N3O.C18H9BrN2O/c20-10-11-8-9-14-17-12(11)4-3-5-13(17)18-21-15-6-1-2-7-16(15)22(18)19(14)23;19-13-9-8-12-16-10(13)4-3-5-11(16)17-20-14-6-1-2-7-15(14)21(17)18(12)22/h1-9H;1-9H. The zero-order chi connectivity index (χ0) is 30.4. The van der Waals surface area contributed by atoms with E-state index in [1.54, 1.807) is 20.9 Å². The average Bonchev–Trinajstić information content (AvgIpc) is 3.67. The first kappa shape index (κ1) is 25.6. The van der Waals surface area contributed by atoms with E-state index in [1.807, 2.05) is 97.1 Å². The number of aromatic nitrogens is 4. The van der Waals surface area contributed by atoms with Gasteiger partial charge in [-0.25, -0.2) is 9.97 Å². The Bertz CT molecular complexity index is 3010. The lowest BCUT2D eigenvalue weighted by Crippen LogP contribution is -2.13. The summed E-state index contributed by atoms with van der Waals surface area (Å²) in [6.07, 6.45) is 0. The second-order valence-corrected chi connectivity index (χ2v) is 11.8. The monoisotopic (exact) mass is 643 g/mol. The van der Waals surface area contributed by atoms with Gasteiger partial charge in [-0.2, -0.15) is 5.26 Å². The molecule has 8 heteroatoms. The second-order valence-electron chi connectivity index (χ2n) is 11.0. The number of benzene rings is 6. The molecule has 6 aromatic carbocycles. The molecule has 7 nitrogen and oxygen atoms in total. The SMILES string of the molecule is N#Cc1ccc2c(=O)n3c4ccccc4nc3c3cccc1c23.O=c1c2ccc(Br)c3cccc(c32)c2nc3ccccc3n12. The quantitative estimate of drug-likeness (QED) is 0.168. The van der Waals surface area contributed by atoms with Gasteiger partial charge in [0.15, 0.2) is 0 Å². The molecule has 0 aliphatic carbocycles. The molecule has 0 amide bonds. The molecule has 10 aromatic rings. The minimum absolute atomic E-state index is 0.0140. The van der Waals surface area contributed by atoms with Crippen molar-refractivity contribution in [3.05, 3.63) is 140 Å². The van der Waals surface area contributed by atoms with E-state index in [2.05, 4.69) is 32.0 Å². The van der Waals surface area contributed by atoms with E-state index in [1.165, 1.54) is 0 Å². The third-order valence-corrected chi connectivity index (χ3v) is 9.31. The number of imidazole rings is 2. The highest BCUT2D eigenvalue weighted by molar-refractivity contribution is 9.10. The van der Waals surface area contributed by atoms with Crippen molar-refractivity contribution in [2.45, 2.75) is 0 Å². The molecular formula is C37H18BrN5O2. The van der Waals surface area contributed by atoms with Crippen LogP contribution in [0, 0.1) is 11.3 Å². The number of para-hydroxylation sites is 4. The number of nitriles is 1. The molecule has 0 bridgehead atoms. The Hall–Kier alpha value is -5.91. The summed E-state index contributed by atoms with van der Waals surface area (Å²) in [5.74, 6) is 0. The molecule has 0 fully saturated rings. The van der Waals surface area contributed by atoms with Gasteiger partial charge in [-0.15, -0.1) is 0 Å². The molecule has 0 unspecified atom stereocenters. The minimum Gasteiger partial charge on any atom is -0.268 e. The highest BCUT2D eigenvalue weighted by atomic mass is 79.9. The van der Waals surface area contributed by atoms with E-state index in [-0.39, 0.29) is 11.1 Å². The number of hydrogen-bond acceptors (Lipinski definition) is 5. The number of rotatable bonds is 0. The molecule has 45 heavy (non-hydrogen) atoms. The van der Waals surface area contributed by atoms with Crippen LogP contribution in [0.25, 0.3) is 76.5 Å². The van der Waals surface area contributed by atoms with Gasteiger partial charge in [-0.3, -0.25) is 18.4 Å². The summed E-state index contributed by atoms with van der Waals surface area (Å²) in [5, 5.41) is 16.2. The van der Waals surface area contributed by atoms with Gasteiger partial charge in [0.05, 0.1) is 33.7 Å². The Kier molecular flexibility index (Phi) is 5.28. The van der Waals surface area contributed by atoms with E-state index in [0.717, 1.165) is 69.9 Å². The van der Waals surface area contributed by atoms with Crippen molar-refractivity contribution in [3.63, 3.8) is 0 Å². The van der Waals surface area contributed by atoms with Gasteiger partial charge in [0.1, 0.15) is 11.3 Å². The van der Waals surface area contributed by atoms with Crippen LogP contribution >= 0.6 is 15.9 Å². The maximum absolute atomic E-state index is 13.0. The third-order valence-electron chi connectivity index (χ3n) is 8.62. The smallest absolute Gasteiger partial charge is 0.264 e. The lowest BCUT2D eigenvalue weighted by atomic mass is 9.99. The van der Waals surface area contributed by atoms with Crippen LogP contribution in [0.5, 0.6) is 0 Å². The molecule has 0 spiro atoms. The van der Waals surface area contributed by atoms with E-state index in [0.29, 0.717) is 16.6 Å². The number of fused-ring (bicyclic) bond motifs is 8. The number of hydrogen-bond donors (Lipinski definition) is 0. The maximum Gasteiger partial charge on any atom is 0.264 e. The molecular weight excluding hydrogens is 626 g/mol. The first-order valence-corrected chi connectivity index (χ1v) is 15.1. The van der Waals surface area contributed by atoms with Crippen molar-refractivity contribution in [3.8, 4) is 6.07 Å². The molecule has 0 saturated carbocycles. The van der Waals surface area contributed by atoms with E-state index in [4.69, 9.17) is 0 Å². The molecule has 10 rings (SSSR count). The Morgan fingerprint density at radius 1 is 0.533 bits per heavy atom. The zero-order valence-electron chi connectivity index (χ0n) is 23.3. The van der Waals surface area contributed by atoms with Crippen molar-refractivity contribution in [1.29, 1.82) is 5.26 Å². The van der Waals surface area contributed by atoms with Crippen LogP contribution in [0.15, 0.2) is 123 Å². The normalized spacial score (nSPS) is 11.8. The van der Waals surface area contributed by atoms with Crippen molar-refractivity contribution >= 4 is 92.4 Å². The van der Waals surface area contributed by atoms with Gasteiger partial charge in [-0.1, -0.05) is 76.6 Å².